The summed E-state index contributed by atoms with van der Waals surface area (Å²) in [5.41, 5.74) is 0. The second-order valence-corrected chi connectivity index (χ2v) is 5.32. The Morgan fingerprint density at radius 2 is 2.20 bits per heavy atom. The Kier molecular flexibility index (Phi) is 4.04. The van der Waals surface area contributed by atoms with E-state index in [0.29, 0.717) is 6.10 Å². The molecule has 0 amide bonds. The fourth-order valence-corrected chi connectivity index (χ4v) is 2.93. The molecule has 1 aliphatic heterocycles. The Morgan fingerprint density at radius 3 is 3.00 bits per heavy atom. The molecule has 4 unspecified atom stereocenters. The lowest BCUT2D eigenvalue weighted by Gasteiger charge is -2.34. The van der Waals surface area contributed by atoms with Gasteiger partial charge in [0.05, 0.1) is 6.10 Å². The maximum Gasteiger partial charge on any atom is 0.0619 e. The van der Waals surface area contributed by atoms with Crippen molar-refractivity contribution in [2.24, 2.45) is 11.8 Å². The molecule has 1 saturated heterocycles. The van der Waals surface area contributed by atoms with E-state index in [1.807, 2.05) is 0 Å². The quantitative estimate of drug-likeness (QED) is 0.771. The van der Waals surface area contributed by atoms with Crippen LogP contribution in [-0.4, -0.2) is 25.3 Å². The van der Waals surface area contributed by atoms with Gasteiger partial charge in [0.15, 0.2) is 0 Å². The summed E-state index contributed by atoms with van der Waals surface area (Å²) in [6.07, 6.45) is 7.15. The van der Waals surface area contributed by atoms with E-state index in [0.717, 1.165) is 24.5 Å². The third-order valence-corrected chi connectivity index (χ3v) is 4.21. The molecule has 88 valence electrons. The van der Waals surface area contributed by atoms with Gasteiger partial charge in [-0.15, -0.1) is 0 Å². The number of hydrogen-bond acceptors (Lipinski definition) is 2. The monoisotopic (exact) mass is 211 g/mol. The molecule has 1 heterocycles. The van der Waals surface area contributed by atoms with Crippen molar-refractivity contribution in [3.63, 3.8) is 0 Å². The van der Waals surface area contributed by atoms with E-state index in [-0.39, 0.29) is 0 Å². The second kappa shape index (κ2) is 5.31. The summed E-state index contributed by atoms with van der Waals surface area (Å²) in [6, 6.07) is 0.736. The van der Waals surface area contributed by atoms with Crippen LogP contribution in [0.2, 0.25) is 0 Å². The van der Waals surface area contributed by atoms with Gasteiger partial charge in [0.1, 0.15) is 0 Å². The van der Waals surface area contributed by atoms with E-state index >= 15 is 0 Å². The van der Waals surface area contributed by atoms with Crippen molar-refractivity contribution in [1.29, 1.82) is 0 Å². The van der Waals surface area contributed by atoms with Crippen LogP contribution in [0.25, 0.3) is 0 Å². The lowest BCUT2D eigenvalue weighted by Crippen LogP contribution is -2.44. The highest BCUT2D eigenvalue weighted by Gasteiger charge is 2.37. The van der Waals surface area contributed by atoms with Gasteiger partial charge in [-0.05, 0) is 38.1 Å². The number of ether oxygens (including phenoxy) is 1. The Labute approximate surface area is 93.8 Å². The molecule has 0 aromatic rings. The first-order valence-electron chi connectivity index (χ1n) is 6.66. The number of nitrogens with one attached hydrogen (secondary N) is 1. The normalized spacial score (nSPS) is 37.6. The Morgan fingerprint density at radius 1 is 1.33 bits per heavy atom. The van der Waals surface area contributed by atoms with Crippen LogP contribution >= 0.6 is 0 Å². The van der Waals surface area contributed by atoms with Crippen molar-refractivity contribution in [1.82, 2.24) is 5.32 Å². The van der Waals surface area contributed by atoms with E-state index in [9.17, 15) is 0 Å². The van der Waals surface area contributed by atoms with Gasteiger partial charge in [-0.2, -0.15) is 0 Å². The van der Waals surface area contributed by atoms with E-state index in [2.05, 4.69) is 19.2 Å². The minimum Gasteiger partial charge on any atom is -0.378 e. The molecule has 0 aromatic heterocycles. The van der Waals surface area contributed by atoms with Crippen molar-refractivity contribution in [2.75, 3.05) is 13.2 Å². The van der Waals surface area contributed by atoms with Crippen LogP contribution in [0.3, 0.4) is 0 Å². The Bertz CT molecular complexity index is 195. The molecule has 1 N–H and O–H groups in total. The molecular formula is C13H25NO. The lowest BCUT2D eigenvalue weighted by molar-refractivity contribution is 0.0526. The highest BCUT2D eigenvalue weighted by Crippen LogP contribution is 2.34. The van der Waals surface area contributed by atoms with Crippen molar-refractivity contribution in [3.05, 3.63) is 0 Å². The largest absolute Gasteiger partial charge is 0.378 e. The molecule has 2 aliphatic rings. The van der Waals surface area contributed by atoms with Gasteiger partial charge in [-0.3, -0.25) is 0 Å². The summed E-state index contributed by atoms with van der Waals surface area (Å²) >= 11 is 0. The third-order valence-electron chi connectivity index (χ3n) is 4.21. The van der Waals surface area contributed by atoms with Gasteiger partial charge in [0.2, 0.25) is 0 Å². The van der Waals surface area contributed by atoms with Gasteiger partial charge >= 0.3 is 0 Å². The van der Waals surface area contributed by atoms with Gasteiger partial charge in [-0.25, -0.2) is 0 Å². The fraction of sp³-hybridized carbons (Fsp3) is 1.00. The molecule has 1 saturated carbocycles. The topological polar surface area (TPSA) is 21.3 Å². The Balaban J connectivity index is 1.80. The first kappa shape index (κ1) is 11.4. The fourth-order valence-electron chi connectivity index (χ4n) is 2.93. The summed E-state index contributed by atoms with van der Waals surface area (Å²) in [5, 5.41) is 3.76. The molecule has 2 fully saturated rings. The highest BCUT2D eigenvalue weighted by atomic mass is 16.5. The zero-order valence-electron chi connectivity index (χ0n) is 10.2. The van der Waals surface area contributed by atoms with E-state index in [1.165, 1.54) is 38.6 Å². The molecular weight excluding hydrogens is 186 g/mol. The standard InChI is InChI=1S/C13H25NO/c1-3-10(2)9-14-12-5-4-6-13-11(12)7-8-15-13/h10-14H,3-9H2,1-2H3. The van der Waals surface area contributed by atoms with Crippen LogP contribution in [0, 0.1) is 11.8 Å². The number of hydrogen-bond donors (Lipinski definition) is 1. The lowest BCUT2D eigenvalue weighted by atomic mass is 9.81. The highest BCUT2D eigenvalue weighted by molar-refractivity contribution is 4.90. The molecule has 1 aliphatic carbocycles. The molecule has 0 spiro atoms. The van der Waals surface area contributed by atoms with Crippen LogP contribution < -0.4 is 5.32 Å². The summed E-state index contributed by atoms with van der Waals surface area (Å²) in [5.74, 6) is 1.62. The van der Waals surface area contributed by atoms with Crippen LogP contribution in [0.1, 0.15) is 46.0 Å². The average molecular weight is 211 g/mol. The predicted octanol–water partition coefficient (Wildman–Crippen LogP) is 2.58. The smallest absolute Gasteiger partial charge is 0.0619 e. The average Bonchev–Trinajstić information content (AvgIpc) is 2.74. The molecule has 0 aromatic carbocycles. The minimum absolute atomic E-state index is 0.577. The van der Waals surface area contributed by atoms with Gasteiger partial charge in [0.25, 0.3) is 0 Å². The number of fused-ring (bicyclic) bond motifs is 1. The van der Waals surface area contributed by atoms with Gasteiger partial charge < -0.3 is 10.1 Å². The third kappa shape index (κ3) is 2.73. The molecule has 2 heteroatoms. The maximum absolute atomic E-state index is 5.78. The van der Waals surface area contributed by atoms with E-state index < -0.39 is 0 Å². The van der Waals surface area contributed by atoms with E-state index in [4.69, 9.17) is 4.74 Å². The molecule has 2 nitrogen and oxygen atoms in total. The van der Waals surface area contributed by atoms with Crippen molar-refractivity contribution in [2.45, 2.75) is 58.1 Å². The molecule has 4 atom stereocenters. The Hall–Kier alpha value is -0.0800. The van der Waals surface area contributed by atoms with Crippen molar-refractivity contribution in [3.8, 4) is 0 Å². The molecule has 15 heavy (non-hydrogen) atoms. The first-order chi connectivity index (χ1) is 7.31. The van der Waals surface area contributed by atoms with Crippen LogP contribution in [0.5, 0.6) is 0 Å². The summed E-state index contributed by atoms with van der Waals surface area (Å²) in [4.78, 5) is 0. The van der Waals surface area contributed by atoms with Crippen LogP contribution in [-0.2, 0) is 4.74 Å². The van der Waals surface area contributed by atoms with Gasteiger partial charge in [-0.1, -0.05) is 20.3 Å². The van der Waals surface area contributed by atoms with E-state index in [1.54, 1.807) is 0 Å². The summed E-state index contributed by atoms with van der Waals surface area (Å²) < 4.78 is 5.78. The van der Waals surface area contributed by atoms with Crippen molar-refractivity contribution >= 4 is 0 Å². The number of rotatable bonds is 4. The zero-order valence-corrected chi connectivity index (χ0v) is 10.2. The molecule has 2 rings (SSSR count). The summed E-state index contributed by atoms with van der Waals surface area (Å²) in [6.45, 7) is 6.79. The van der Waals surface area contributed by atoms with Crippen LogP contribution in [0.4, 0.5) is 0 Å². The van der Waals surface area contributed by atoms with Gasteiger partial charge in [0, 0.05) is 18.6 Å². The maximum atomic E-state index is 5.78. The molecule has 0 bridgehead atoms. The SMILES string of the molecule is CCC(C)CNC1CCCC2OCCC12. The minimum atomic E-state index is 0.577. The first-order valence-corrected chi connectivity index (χ1v) is 6.66. The van der Waals surface area contributed by atoms with Crippen LogP contribution in [0.15, 0.2) is 0 Å². The molecule has 0 radical (unpaired) electrons. The second-order valence-electron chi connectivity index (χ2n) is 5.32. The zero-order chi connectivity index (χ0) is 10.7. The van der Waals surface area contributed by atoms with Crippen molar-refractivity contribution < 1.29 is 4.74 Å². The summed E-state index contributed by atoms with van der Waals surface area (Å²) in [7, 11) is 0. The predicted molar refractivity (Wildman–Crippen MR) is 62.9 cm³/mol.